The summed E-state index contributed by atoms with van der Waals surface area (Å²) in [7, 11) is 0. The second kappa shape index (κ2) is 3.16. The molecule has 0 aliphatic heterocycles. The molecule has 1 N–H and O–H groups in total. The Kier molecular flexibility index (Phi) is 2.14. The molecule has 0 aliphatic rings. The molecule has 0 amide bonds. The normalized spacial score (nSPS) is 10.6. The van der Waals surface area contributed by atoms with Crippen molar-refractivity contribution >= 4 is 38.4 Å². The summed E-state index contributed by atoms with van der Waals surface area (Å²) in [5.74, 6) is 0.169. The van der Waals surface area contributed by atoms with E-state index < -0.39 is 0 Å². The van der Waals surface area contributed by atoms with Crippen LogP contribution in [0, 0.1) is 0 Å². The van der Waals surface area contributed by atoms with E-state index in [4.69, 9.17) is 11.6 Å². The van der Waals surface area contributed by atoms with Crippen LogP contribution in [0.1, 0.15) is 0 Å². The number of halogens is 2. The maximum atomic E-state index is 9.38. The molecule has 0 saturated heterocycles. The van der Waals surface area contributed by atoms with Gasteiger partial charge >= 0.3 is 0 Å². The van der Waals surface area contributed by atoms with Crippen LogP contribution in [-0.2, 0) is 0 Å². The largest absolute Gasteiger partial charge is 0.507 e. The van der Waals surface area contributed by atoms with E-state index in [1.165, 1.54) is 0 Å². The van der Waals surface area contributed by atoms with Gasteiger partial charge in [0, 0.05) is 17.6 Å². The summed E-state index contributed by atoms with van der Waals surface area (Å²) in [5, 5.41) is 10.8. The first kappa shape index (κ1) is 8.78. The lowest BCUT2D eigenvalue weighted by Gasteiger charge is -2.01. The van der Waals surface area contributed by atoms with Gasteiger partial charge in [-0.25, -0.2) is 0 Å². The average Bonchev–Trinajstić information content (AvgIpc) is 2.09. The van der Waals surface area contributed by atoms with E-state index >= 15 is 0 Å². The van der Waals surface area contributed by atoms with Crippen molar-refractivity contribution in [2.24, 2.45) is 0 Å². The van der Waals surface area contributed by atoms with Gasteiger partial charge in [0.15, 0.2) is 0 Å². The zero-order valence-corrected chi connectivity index (χ0v) is 8.80. The lowest BCUT2D eigenvalue weighted by Crippen LogP contribution is -1.79. The van der Waals surface area contributed by atoms with Crippen LogP contribution < -0.4 is 0 Å². The highest BCUT2D eigenvalue weighted by Crippen LogP contribution is 2.31. The van der Waals surface area contributed by atoms with Gasteiger partial charge in [0.2, 0.25) is 0 Å². The van der Waals surface area contributed by atoms with E-state index in [-0.39, 0.29) is 5.75 Å². The third-order valence-corrected chi connectivity index (χ3v) is 2.72. The minimum atomic E-state index is 0.169. The number of aromatic hydroxyl groups is 1. The first-order valence-corrected chi connectivity index (χ1v) is 4.78. The molecule has 0 saturated carbocycles. The van der Waals surface area contributed by atoms with Crippen LogP contribution in [-0.4, -0.2) is 10.1 Å². The van der Waals surface area contributed by atoms with Crippen LogP contribution in [0.25, 0.3) is 10.9 Å². The van der Waals surface area contributed by atoms with Crippen molar-refractivity contribution in [3.8, 4) is 5.75 Å². The lowest BCUT2D eigenvalue weighted by molar-refractivity contribution is 0.472. The Labute approximate surface area is 88.3 Å². The maximum Gasteiger partial charge on any atom is 0.131 e. The second-order valence-electron chi connectivity index (χ2n) is 2.61. The highest BCUT2D eigenvalue weighted by Gasteiger charge is 2.04. The van der Waals surface area contributed by atoms with E-state index in [0.717, 1.165) is 5.39 Å². The van der Waals surface area contributed by atoms with Crippen molar-refractivity contribution in [1.29, 1.82) is 0 Å². The van der Waals surface area contributed by atoms with Gasteiger partial charge in [-0.05, 0) is 28.1 Å². The fourth-order valence-corrected chi connectivity index (χ4v) is 1.67. The smallest absolute Gasteiger partial charge is 0.131 e. The van der Waals surface area contributed by atoms with Gasteiger partial charge < -0.3 is 5.11 Å². The van der Waals surface area contributed by atoms with E-state index in [2.05, 4.69) is 20.9 Å². The Hall–Kier alpha value is -0.800. The molecular formula is C9H5BrClNO. The fourth-order valence-electron chi connectivity index (χ4n) is 1.12. The van der Waals surface area contributed by atoms with Crippen LogP contribution in [0.3, 0.4) is 0 Å². The molecule has 13 heavy (non-hydrogen) atoms. The topological polar surface area (TPSA) is 33.1 Å². The molecule has 0 fully saturated rings. The summed E-state index contributed by atoms with van der Waals surface area (Å²) in [6, 6.07) is 5.04. The summed E-state index contributed by atoms with van der Waals surface area (Å²) in [5.41, 5.74) is 0.688. The summed E-state index contributed by atoms with van der Waals surface area (Å²) < 4.78 is 0.620. The van der Waals surface area contributed by atoms with Gasteiger partial charge in [0.05, 0.1) is 15.0 Å². The van der Waals surface area contributed by atoms with Gasteiger partial charge in [0.1, 0.15) is 5.75 Å². The number of pyridine rings is 1. The fraction of sp³-hybridized carbons (Fsp3) is 0. The van der Waals surface area contributed by atoms with Crippen LogP contribution in [0.2, 0.25) is 5.02 Å². The number of hydrogen-bond donors (Lipinski definition) is 1. The molecule has 0 unspecified atom stereocenters. The van der Waals surface area contributed by atoms with E-state index in [1.54, 1.807) is 24.4 Å². The highest BCUT2D eigenvalue weighted by atomic mass is 79.9. The zero-order chi connectivity index (χ0) is 9.42. The first-order valence-electron chi connectivity index (χ1n) is 3.61. The van der Waals surface area contributed by atoms with Crippen molar-refractivity contribution in [3.63, 3.8) is 0 Å². The van der Waals surface area contributed by atoms with E-state index in [0.29, 0.717) is 15.0 Å². The monoisotopic (exact) mass is 257 g/mol. The molecule has 66 valence electrons. The zero-order valence-electron chi connectivity index (χ0n) is 6.46. The molecule has 4 heteroatoms. The minimum absolute atomic E-state index is 0.169. The predicted molar refractivity (Wildman–Crippen MR) is 56.1 cm³/mol. The van der Waals surface area contributed by atoms with Gasteiger partial charge in [0.25, 0.3) is 0 Å². The summed E-state index contributed by atoms with van der Waals surface area (Å²) >= 11 is 9.15. The quantitative estimate of drug-likeness (QED) is 0.786. The summed E-state index contributed by atoms with van der Waals surface area (Å²) in [6.07, 6.45) is 1.61. The summed E-state index contributed by atoms with van der Waals surface area (Å²) in [4.78, 5) is 4.08. The SMILES string of the molecule is Oc1cc2nccc(Cl)c2cc1Br. The standard InChI is InChI=1S/C9H5BrClNO/c10-6-3-5-7(11)1-2-12-8(5)4-9(6)13/h1-4,13H. The van der Waals surface area contributed by atoms with Crippen LogP contribution in [0.5, 0.6) is 5.75 Å². The van der Waals surface area contributed by atoms with Crippen LogP contribution in [0.4, 0.5) is 0 Å². The van der Waals surface area contributed by atoms with Gasteiger partial charge in [-0.2, -0.15) is 0 Å². The number of rotatable bonds is 0. The number of phenolic OH excluding ortho intramolecular Hbond substituents is 1. The molecule has 0 radical (unpaired) electrons. The second-order valence-corrected chi connectivity index (χ2v) is 3.88. The molecule has 2 rings (SSSR count). The third-order valence-electron chi connectivity index (χ3n) is 1.76. The van der Waals surface area contributed by atoms with Crippen LogP contribution >= 0.6 is 27.5 Å². The highest BCUT2D eigenvalue weighted by molar-refractivity contribution is 9.10. The molecule has 0 spiro atoms. The predicted octanol–water partition coefficient (Wildman–Crippen LogP) is 3.36. The van der Waals surface area contributed by atoms with Crippen molar-refractivity contribution in [3.05, 3.63) is 33.9 Å². The van der Waals surface area contributed by atoms with Crippen LogP contribution in [0.15, 0.2) is 28.9 Å². The Morgan fingerprint density at radius 2 is 2.15 bits per heavy atom. The number of nitrogens with zero attached hydrogens (tertiary/aromatic N) is 1. The molecule has 1 aromatic heterocycles. The third kappa shape index (κ3) is 1.49. The van der Waals surface area contributed by atoms with Gasteiger partial charge in [-0.1, -0.05) is 11.6 Å². The molecular weight excluding hydrogens is 253 g/mol. The van der Waals surface area contributed by atoms with Gasteiger partial charge in [-0.3, -0.25) is 4.98 Å². The Morgan fingerprint density at radius 1 is 1.38 bits per heavy atom. The minimum Gasteiger partial charge on any atom is -0.507 e. The van der Waals surface area contributed by atoms with E-state index in [1.807, 2.05) is 0 Å². The maximum absolute atomic E-state index is 9.38. The van der Waals surface area contributed by atoms with Crippen molar-refractivity contribution in [2.45, 2.75) is 0 Å². The van der Waals surface area contributed by atoms with Gasteiger partial charge in [-0.15, -0.1) is 0 Å². The Bertz CT molecular complexity index is 472. The summed E-state index contributed by atoms with van der Waals surface area (Å²) in [6.45, 7) is 0. The number of benzene rings is 1. The molecule has 1 heterocycles. The molecule has 2 nitrogen and oxygen atoms in total. The van der Waals surface area contributed by atoms with Crippen molar-refractivity contribution in [2.75, 3.05) is 0 Å². The molecule has 0 aliphatic carbocycles. The molecule has 2 aromatic rings. The molecule has 0 atom stereocenters. The number of aromatic nitrogens is 1. The Balaban J connectivity index is 2.89. The molecule has 0 bridgehead atoms. The molecule has 1 aromatic carbocycles. The average molecular weight is 259 g/mol. The van der Waals surface area contributed by atoms with E-state index in [9.17, 15) is 5.11 Å². The lowest BCUT2D eigenvalue weighted by atomic mass is 10.2. The first-order chi connectivity index (χ1) is 6.18. The van der Waals surface area contributed by atoms with Crippen molar-refractivity contribution < 1.29 is 5.11 Å². The number of fused-ring (bicyclic) bond motifs is 1. The number of hydrogen-bond acceptors (Lipinski definition) is 2. The number of phenols is 1. The Morgan fingerprint density at radius 3 is 2.92 bits per heavy atom. The van der Waals surface area contributed by atoms with Crippen molar-refractivity contribution in [1.82, 2.24) is 4.98 Å².